The van der Waals surface area contributed by atoms with Gasteiger partial charge >= 0.3 is 6.18 Å². The first-order valence-corrected chi connectivity index (χ1v) is 6.63. The number of rotatable bonds is 2. The lowest BCUT2D eigenvalue weighted by Gasteiger charge is -2.10. The SMILES string of the molecule is FC(F)(F)c1cccc(-n2c(-c3cccnc3)n[nH]c2=S)c1. The zero-order valence-corrected chi connectivity index (χ0v) is 11.8. The van der Waals surface area contributed by atoms with Crippen molar-refractivity contribution in [3.8, 4) is 17.1 Å². The Labute approximate surface area is 128 Å². The van der Waals surface area contributed by atoms with E-state index in [1.807, 2.05) is 0 Å². The first-order chi connectivity index (χ1) is 10.5. The predicted octanol–water partition coefficient (Wildman–Crippen LogP) is 4.01. The van der Waals surface area contributed by atoms with Crippen molar-refractivity contribution < 1.29 is 13.2 Å². The van der Waals surface area contributed by atoms with Gasteiger partial charge in [-0.3, -0.25) is 14.6 Å². The largest absolute Gasteiger partial charge is 0.416 e. The van der Waals surface area contributed by atoms with E-state index in [-0.39, 0.29) is 10.5 Å². The van der Waals surface area contributed by atoms with Gasteiger partial charge in [0.05, 0.1) is 11.3 Å². The average molecular weight is 322 g/mol. The van der Waals surface area contributed by atoms with Crippen LogP contribution >= 0.6 is 12.2 Å². The molecule has 8 heteroatoms. The second-order valence-corrected chi connectivity index (χ2v) is 4.86. The number of pyridine rings is 1. The van der Waals surface area contributed by atoms with Crippen LogP contribution in [0.5, 0.6) is 0 Å². The van der Waals surface area contributed by atoms with Gasteiger partial charge in [-0.15, -0.1) is 0 Å². The maximum absolute atomic E-state index is 12.9. The fourth-order valence-electron chi connectivity index (χ4n) is 2.05. The van der Waals surface area contributed by atoms with Crippen LogP contribution in [-0.2, 0) is 6.18 Å². The minimum absolute atomic E-state index is 0.207. The lowest BCUT2D eigenvalue weighted by Crippen LogP contribution is -2.06. The van der Waals surface area contributed by atoms with E-state index >= 15 is 0 Å². The summed E-state index contributed by atoms with van der Waals surface area (Å²) in [4.78, 5) is 3.98. The van der Waals surface area contributed by atoms with E-state index in [4.69, 9.17) is 12.2 Å². The molecule has 0 aliphatic carbocycles. The van der Waals surface area contributed by atoms with Crippen molar-refractivity contribution >= 4 is 12.2 Å². The maximum Gasteiger partial charge on any atom is 0.416 e. The summed E-state index contributed by atoms with van der Waals surface area (Å²) >= 11 is 5.13. The van der Waals surface area contributed by atoms with Crippen molar-refractivity contribution in [3.05, 3.63) is 59.1 Å². The molecule has 0 bridgehead atoms. The predicted molar refractivity (Wildman–Crippen MR) is 77.0 cm³/mol. The molecule has 3 rings (SSSR count). The lowest BCUT2D eigenvalue weighted by molar-refractivity contribution is -0.137. The van der Waals surface area contributed by atoms with Crippen molar-refractivity contribution in [1.29, 1.82) is 0 Å². The molecule has 0 amide bonds. The van der Waals surface area contributed by atoms with Crippen LogP contribution in [0.2, 0.25) is 0 Å². The van der Waals surface area contributed by atoms with Gasteiger partial charge in [-0.1, -0.05) is 6.07 Å². The number of nitrogens with zero attached hydrogens (tertiary/aromatic N) is 3. The molecule has 22 heavy (non-hydrogen) atoms. The number of aromatic amines is 1. The van der Waals surface area contributed by atoms with Crippen LogP contribution in [-0.4, -0.2) is 19.7 Å². The molecule has 4 nitrogen and oxygen atoms in total. The Balaban J connectivity index is 2.18. The number of benzene rings is 1. The van der Waals surface area contributed by atoms with E-state index in [0.29, 0.717) is 11.4 Å². The summed E-state index contributed by atoms with van der Waals surface area (Å²) in [5, 5.41) is 6.68. The minimum atomic E-state index is -4.42. The van der Waals surface area contributed by atoms with Crippen molar-refractivity contribution in [2.24, 2.45) is 0 Å². The normalized spacial score (nSPS) is 11.6. The first kappa shape index (κ1) is 14.5. The molecule has 0 atom stereocenters. The van der Waals surface area contributed by atoms with E-state index < -0.39 is 11.7 Å². The molecular formula is C14H9F3N4S. The molecule has 3 aromatic rings. The molecule has 1 N–H and O–H groups in total. The van der Waals surface area contributed by atoms with Crippen LogP contribution in [0.3, 0.4) is 0 Å². The molecule has 2 heterocycles. The highest BCUT2D eigenvalue weighted by atomic mass is 32.1. The van der Waals surface area contributed by atoms with Gasteiger partial charge in [-0.05, 0) is 42.5 Å². The molecule has 0 unspecified atom stereocenters. The van der Waals surface area contributed by atoms with Crippen molar-refractivity contribution in [3.63, 3.8) is 0 Å². The van der Waals surface area contributed by atoms with E-state index in [9.17, 15) is 13.2 Å². The van der Waals surface area contributed by atoms with E-state index in [1.165, 1.54) is 10.6 Å². The fraction of sp³-hybridized carbons (Fsp3) is 0.0714. The minimum Gasteiger partial charge on any atom is -0.268 e. The Hall–Kier alpha value is -2.48. The number of halogens is 3. The molecule has 1 aromatic carbocycles. The van der Waals surface area contributed by atoms with Crippen molar-refractivity contribution in [1.82, 2.24) is 19.7 Å². The van der Waals surface area contributed by atoms with Gasteiger partial charge in [-0.2, -0.15) is 18.3 Å². The molecule has 0 saturated heterocycles. The number of nitrogens with one attached hydrogen (secondary N) is 1. The third-order valence-electron chi connectivity index (χ3n) is 3.02. The summed E-state index contributed by atoms with van der Waals surface area (Å²) in [5.74, 6) is 0.400. The smallest absolute Gasteiger partial charge is 0.268 e. The third-order valence-corrected chi connectivity index (χ3v) is 3.30. The third kappa shape index (κ3) is 2.64. The molecule has 0 aliphatic heterocycles. The second kappa shape index (κ2) is 5.38. The van der Waals surface area contributed by atoms with Crippen LogP contribution in [0.25, 0.3) is 17.1 Å². The number of aromatic nitrogens is 4. The number of hydrogen-bond donors (Lipinski definition) is 1. The van der Waals surface area contributed by atoms with Crippen LogP contribution in [0.15, 0.2) is 48.8 Å². The summed E-state index contributed by atoms with van der Waals surface area (Å²) in [6.07, 6.45) is -1.26. The summed E-state index contributed by atoms with van der Waals surface area (Å²) in [5.41, 5.74) is 0.185. The summed E-state index contributed by atoms with van der Waals surface area (Å²) < 4.78 is 40.2. The van der Waals surface area contributed by atoms with Gasteiger partial charge in [0.15, 0.2) is 10.6 Å². The van der Waals surface area contributed by atoms with Crippen LogP contribution in [0.1, 0.15) is 5.56 Å². The molecule has 0 saturated carbocycles. The average Bonchev–Trinajstić information content (AvgIpc) is 2.89. The highest BCUT2D eigenvalue weighted by molar-refractivity contribution is 7.71. The van der Waals surface area contributed by atoms with E-state index in [0.717, 1.165) is 12.1 Å². The van der Waals surface area contributed by atoms with Crippen LogP contribution in [0, 0.1) is 4.77 Å². The highest BCUT2D eigenvalue weighted by Crippen LogP contribution is 2.31. The lowest BCUT2D eigenvalue weighted by atomic mass is 10.2. The monoisotopic (exact) mass is 322 g/mol. The van der Waals surface area contributed by atoms with E-state index in [2.05, 4.69) is 15.2 Å². The molecular weight excluding hydrogens is 313 g/mol. The summed E-state index contributed by atoms with van der Waals surface area (Å²) in [7, 11) is 0. The van der Waals surface area contributed by atoms with Gasteiger partial charge in [0.1, 0.15) is 0 Å². The Morgan fingerprint density at radius 3 is 2.64 bits per heavy atom. The Morgan fingerprint density at radius 1 is 1.14 bits per heavy atom. The summed E-state index contributed by atoms with van der Waals surface area (Å²) in [6, 6.07) is 8.38. The maximum atomic E-state index is 12.9. The van der Waals surface area contributed by atoms with Gasteiger partial charge in [0, 0.05) is 18.0 Å². The van der Waals surface area contributed by atoms with Crippen LogP contribution < -0.4 is 0 Å². The number of alkyl halides is 3. The van der Waals surface area contributed by atoms with Gasteiger partial charge < -0.3 is 0 Å². The molecule has 0 aliphatic rings. The Kier molecular flexibility index (Phi) is 3.53. The molecule has 0 fully saturated rings. The topological polar surface area (TPSA) is 46.5 Å². The molecule has 0 radical (unpaired) electrons. The zero-order valence-electron chi connectivity index (χ0n) is 11.0. The van der Waals surface area contributed by atoms with Crippen molar-refractivity contribution in [2.45, 2.75) is 6.18 Å². The molecule has 112 valence electrons. The van der Waals surface area contributed by atoms with Crippen LogP contribution in [0.4, 0.5) is 13.2 Å². The quantitative estimate of drug-likeness (QED) is 0.725. The van der Waals surface area contributed by atoms with E-state index in [1.54, 1.807) is 30.6 Å². The molecule has 0 spiro atoms. The van der Waals surface area contributed by atoms with Gasteiger partial charge in [-0.25, -0.2) is 0 Å². The standard InChI is InChI=1S/C14H9F3N4S/c15-14(16,17)10-4-1-5-11(7-10)21-12(19-20-13(21)22)9-3-2-6-18-8-9/h1-8H,(H,20,22). The first-order valence-electron chi connectivity index (χ1n) is 6.22. The van der Waals surface area contributed by atoms with Gasteiger partial charge in [0.2, 0.25) is 0 Å². The Bertz CT molecular complexity index is 852. The fourth-order valence-corrected chi connectivity index (χ4v) is 2.28. The zero-order chi connectivity index (χ0) is 15.7. The number of hydrogen-bond acceptors (Lipinski definition) is 3. The number of H-pyrrole nitrogens is 1. The highest BCUT2D eigenvalue weighted by Gasteiger charge is 2.30. The molecule has 2 aromatic heterocycles. The van der Waals surface area contributed by atoms with Crippen molar-refractivity contribution in [2.75, 3.05) is 0 Å². The Morgan fingerprint density at radius 2 is 1.95 bits per heavy atom. The van der Waals surface area contributed by atoms with Gasteiger partial charge in [0.25, 0.3) is 0 Å². The second-order valence-electron chi connectivity index (χ2n) is 4.48. The summed E-state index contributed by atoms with van der Waals surface area (Å²) in [6.45, 7) is 0.